The maximum Gasteiger partial charge on any atom is 0.416 e. The molecule has 0 radical (unpaired) electrons. The van der Waals surface area contributed by atoms with Crippen molar-refractivity contribution in [2.24, 2.45) is 5.41 Å². The van der Waals surface area contributed by atoms with Crippen LogP contribution in [0.2, 0.25) is 0 Å². The number of alkyl halides is 3. The number of aromatic nitrogens is 1. The Labute approximate surface area is 182 Å². The Bertz CT molecular complexity index is 908. The number of benzene rings is 1. The molecule has 0 saturated carbocycles. The molecule has 0 fully saturated rings. The van der Waals surface area contributed by atoms with Crippen LogP contribution in [-0.4, -0.2) is 15.2 Å². The lowest BCUT2D eigenvalue weighted by molar-refractivity contribution is -0.137. The second kappa shape index (κ2) is 7.81. The Kier molecular flexibility index (Phi) is 6.06. The molecule has 2 atom stereocenters. The number of hydrogen-bond donors (Lipinski definition) is 2. The molecule has 0 bridgehead atoms. The van der Waals surface area contributed by atoms with Gasteiger partial charge < -0.3 is 10.2 Å². The van der Waals surface area contributed by atoms with E-state index < -0.39 is 23.9 Å². The Balaban J connectivity index is 2.12. The first-order valence-corrected chi connectivity index (χ1v) is 10.6. The number of pyridine rings is 1. The third-order valence-electron chi connectivity index (χ3n) is 5.41. The third-order valence-corrected chi connectivity index (χ3v) is 6.58. The first-order chi connectivity index (χ1) is 13.3. The Morgan fingerprint density at radius 3 is 2.28 bits per heavy atom. The van der Waals surface area contributed by atoms with Crippen LogP contribution in [0.4, 0.5) is 13.2 Å². The minimum atomic E-state index is -4.43. The van der Waals surface area contributed by atoms with Gasteiger partial charge in [0, 0.05) is 20.4 Å². The highest BCUT2D eigenvalue weighted by Crippen LogP contribution is 2.45. The van der Waals surface area contributed by atoms with Crippen LogP contribution in [0.15, 0.2) is 24.3 Å². The summed E-state index contributed by atoms with van der Waals surface area (Å²) in [7, 11) is 0. The molecule has 3 nitrogen and oxygen atoms in total. The molecule has 0 saturated heterocycles. The lowest BCUT2D eigenvalue weighted by Gasteiger charge is -2.36. The summed E-state index contributed by atoms with van der Waals surface area (Å²) in [4.78, 5) is 4.82. The molecule has 0 spiro atoms. The predicted molar refractivity (Wildman–Crippen MR) is 114 cm³/mol. The number of rotatable bonds is 3. The van der Waals surface area contributed by atoms with Crippen molar-refractivity contribution in [1.29, 1.82) is 0 Å². The molecule has 0 amide bonds. The number of aliphatic hydroxyl groups is 2. The highest BCUT2D eigenvalue weighted by molar-refractivity contribution is 14.1. The molecule has 1 aliphatic carbocycles. The van der Waals surface area contributed by atoms with Crippen molar-refractivity contribution in [3.8, 4) is 0 Å². The summed E-state index contributed by atoms with van der Waals surface area (Å²) in [6, 6.07) is 4.55. The normalized spacial score (nSPS) is 19.9. The van der Waals surface area contributed by atoms with Crippen LogP contribution in [0.5, 0.6) is 0 Å². The summed E-state index contributed by atoms with van der Waals surface area (Å²) >= 11 is 2.13. The fraction of sp³-hybridized carbons (Fsp3) is 0.500. The summed E-state index contributed by atoms with van der Waals surface area (Å²) in [5, 5.41) is 21.8. The van der Waals surface area contributed by atoms with E-state index in [2.05, 4.69) is 36.4 Å². The molecule has 2 aromatic rings. The zero-order chi connectivity index (χ0) is 21.7. The van der Waals surface area contributed by atoms with Crippen LogP contribution < -0.4 is 0 Å². The monoisotopic (exact) mass is 519 g/mol. The minimum absolute atomic E-state index is 0.00935. The minimum Gasteiger partial charge on any atom is -0.388 e. The van der Waals surface area contributed by atoms with E-state index in [0.29, 0.717) is 23.2 Å². The van der Waals surface area contributed by atoms with E-state index in [4.69, 9.17) is 4.98 Å². The second-order valence-electron chi connectivity index (χ2n) is 8.82. The topological polar surface area (TPSA) is 53.4 Å². The van der Waals surface area contributed by atoms with Crippen molar-refractivity contribution in [2.45, 2.75) is 64.8 Å². The molecule has 1 heterocycles. The Hall–Kier alpha value is -1.19. The lowest BCUT2D eigenvalue weighted by atomic mass is 9.74. The number of nitrogens with zero attached hydrogens (tertiary/aromatic N) is 1. The standard InChI is InChI=1S/C22H25F3INO2/c1-11(2)19-17(20(29)12-5-7-13(8-6-12)22(23,24)25)18(26)16-14(27-19)9-21(3,4)10-15(16)28/h5-8,11,15,20,28-29H,9-10H2,1-4H3/t15-,20-/m0/s1. The molecule has 3 rings (SSSR count). The summed E-state index contributed by atoms with van der Waals surface area (Å²) < 4.78 is 39.4. The number of fused-ring (bicyclic) bond motifs is 1. The fourth-order valence-corrected chi connectivity index (χ4v) is 5.24. The third kappa shape index (κ3) is 4.46. The fourth-order valence-electron chi connectivity index (χ4n) is 4.00. The van der Waals surface area contributed by atoms with Crippen LogP contribution >= 0.6 is 22.6 Å². The summed E-state index contributed by atoms with van der Waals surface area (Å²) in [5.41, 5.74) is 2.38. The van der Waals surface area contributed by atoms with Gasteiger partial charge in [0.2, 0.25) is 0 Å². The van der Waals surface area contributed by atoms with Crippen LogP contribution in [0.25, 0.3) is 0 Å². The molecule has 1 aliphatic rings. The van der Waals surface area contributed by atoms with Gasteiger partial charge in [-0.3, -0.25) is 4.98 Å². The van der Waals surface area contributed by atoms with E-state index in [-0.39, 0.29) is 11.3 Å². The molecule has 7 heteroatoms. The van der Waals surface area contributed by atoms with Crippen molar-refractivity contribution in [1.82, 2.24) is 4.98 Å². The van der Waals surface area contributed by atoms with Gasteiger partial charge in [-0.05, 0) is 64.5 Å². The van der Waals surface area contributed by atoms with Crippen LogP contribution in [0, 0.1) is 8.99 Å². The van der Waals surface area contributed by atoms with Crippen molar-refractivity contribution in [3.63, 3.8) is 0 Å². The summed E-state index contributed by atoms with van der Waals surface area (Å²) in [6.07, 6.45) is -4.92. The molecule has 0 unspecified atom stereocenters. The van der Waals surface area contributed by atoms with Crippen molar-refractivity contribution < 1.29 is 23.4 Å². The van der Waals surface area contributed by atoms with Gasteiger partial charge in [0.1, 0.15) is 6.10 Å². The summed E-state index contributed by atoms with van der Waals surface area (Å²) in [6.45, 7) is 8.12. The van der Waals surface area contributed by atoms with Gasteiger partial charge in [-0.1, -0.05) is 39.8 Å². The zero-order valence-corrected chi connectivity index (χ0v) is 19.0. The van der Waals surface area contributed by atoms with Gasteiger partial charge in [-0.15, -0.1) is 0 Å². The smallest absolute Gasteiger partial charge is 0.388 e. The molecule has 1 aromatic carbocycles. The van der Waals surface area contributed by atoms with Crippen LogP contribution in [0.3, 0.4) is 0 Å². The first kappa shape index (κ1) is 22.5. The van der Waals surface area contributed by atoms with E-state index in [9.17, 15) is 23.4 Å². The van der Waals surface area contributed by atoms with E-state index >= 15 is 0 Å². The van der Waals surface area contributed by atoms with Gasteiger partial charge in [0.15, 0.2) is 0 Å². The average Bonchev–Trinajstić information content (AvgIpc) is 2.58. The lowest BCUT2D eigenvalue weighted by Crippen LogP contribution is -2.29. The number of halogens is 4. The number of aliphatic hydroxyl groups excluding tert-OH is 2. The highest BCUT2D eigenvalue weighted by Gasteiger charge is 2.37. The maximum atomic E-state index is 12.9. The first-order valence-electron chi connectivity index (χ1n) is 9.57. The van der Waals surface area contributed by atoms with Crippen LogP contribution in [-0.2, 0) is 12.6 Å². The number of hydrogen-bond acceptors (Lipinski definition) is 3. The molecular weight excluding hydrogens is 494 g/mol. The van der Waals surface area contributed by atoms with Crippen molar-refractivity contribution >= 4 is 22.6 Å². The molecule has 2 N–H and O–H groups in total. The summed E-state index contributed by atoms with van der Waals surface area (Å²) in [5.74, 6) is 0.00935. The SMILES string of the molecule is CC(C)c1nc2c(c(I)c1[C@@H](O)c1ccc(C(F)(F)F)cc1)[C@@H](O)CC(C)(C)C2. The van der Waals surface area contributed by atoms with Crippen molar-refractivity contribution in [3.05, 3.63) is 61.5 Å². The van der Waals surface area contributed by atoms with E-state index in [1.807, 2.05) is 13.8 Å². The maximum absolute atomic E-state index is 12.9. The van der Waals surface area contributed by atoms with E-state index in [0.717, 1.165) is 33.4 Å². The molecule has 29 heavy (non-hydrogen) atoms. The van der Waals surface area contributed by atoms with Gasteiger partial charge in [-0.2, -0.15) is 13.2 Å². The van der Waals surface area contributed by atoms with Gasteiger partial charge in [0.05, 0.1) is 17.4 Å². The average molecular weight is 519 g/mol. The van der Waals surface area contributed by atoms with E-state index in [1.54, 1.807) is 0 Å². The zero-order valence-electron chi connectivity index (χ0n) is 16.8. The molecule has 0 aliphatic heterocycles. The van der Waals surface area contributed by atoms with E-state index in [1.165, 1.54) is 12.1 Å². The Morgan fingerprint density at radius 2 is 1.76 bits per heavy atom. The predicted octanol–water partition coefficient (Wildman–Crippen LogP) is 5.92. The van der Waals surface area contributed by atoms with Crippen LogP contribution in [0.1, 0.15) is 85.9 Å². The molecule has 1 aromatic heterocycles. The Morgan fingerprint density at radius 1 is 1.17 bits per heavy atom. The molecule has 158 valence electrons. The van der Waals surface area contributed by atoms with Gasteiger partial charge >= 0.3 is 6.18 Å². The van der Waals surface area contributed by atoms with Crippen molar-refractivity contribution in [2.75, 3.05) is 0 Å². The van der Waals surface area contributed by atoms with Gasteiger partial charge in [0.25, 0.3) is 0 Å². The molecular formula is C22H25F3INO2. The second-order valence-corrected chi connectivity index (χ2v) is 9.90. The quantitative estimate of drug-likeness (QED) is 0.496. The largest absolute Gasteiger partial charge is 0.416 e. The van der Waals surface area contributed by atoms with Gasteiger partial charge in [-0.25, -0.2) is 0 Å². The highest BCUT2D eigenvalue weighted by atomic mass is 127.